The summed E-state index contributed by atoms with van der Waals surface area (Å²) in [5.74, 6) is -2.07. The van der Waals surface area contributed by atoms with Gasteiger partial charge in [0.25, 0.3) is 5.91 Å². The molecule has 1 fully saturated rings. The van der Waals surface area contributed by atoms with E-state index in [2.05, 4.69) is 0 Å². The second-order valence-corrected chi connectivity index (χ2v) is 7.94. The van der Waals surface area contributed by atoms with E-state index in [0.717, 1.165) is 16.7 Å². The minimum absolute atomic E-state index is 0.0589. The number of carbonyl (C=O) groups excluding carboxylic acids is 1. The lowest BCUT2D eigenvalue weighted by Gasteiger charge is -2.23. The van der Waals surface area contributed by atoms with E-state index in [9.17, 15) is 19.5 Å². The van der Waals surface area contributed by atoms with Crippen LogP contribution in [0.1, 0.15) is 23.6 Å². The van der Waals surface area contributed by atoms with Gasteiger partial charge in [0, 0.05) is 0 Å². The highest BCUT2D eigenvalue weighted by atomic mass is 32.2. The molecular weight excluding hydrogens is 426 g/mol. The molecule has 3 rings (SSSR count). The maximum Gasteiger partial charge on any atom is 0.331 e. The molecule has 154 valence electrons. The third-order valence-electron chi connectivity index (χ3n) is 4.19. The number of carbonyl (C=O) groups is 3. The van der Waals surface area contributed by atoms with Gasteiger partial charge in [-0.05, 0) is 29.3 Å². The molecule has 1 amide bonds. The Morgan fingerprint density at radius 1 is 1.10 bits per heavy atom. The Bertz CT molecular complexity index is 1000. The number of aliphatic carboxylic acids is 2. The minimum atomic E-state index is -1.20. The average molecular weight is 444 g/mol. The summed E-state index contributed by atoms with van der Waals surface area (Å²) in [6.45, 7) is 0.0589. The second-order valence-electron chi connectivity index (χ2n) is 6.26. The van der Waals surface area contributed by atoms with E-state index in [4.69, 9.17) is 22.1 Å². The van der Waals surface area contributed by atoms with Gasteiger partial charge in [-0.2, -0.15) is 0 Å². The first kappa shape index (κ1) is 21.5. The zero-order valence-electron chi connectivity index (χ0n) is 15.6. The van der Waals surface area contributed by atoms with Crippen LogP contribution in [0.3, 0.4) is 0 Å². The van der Waals surface area contributed by atoms with Crippen LogP contribution >= 0.6 is 24.0 Å². The predicted molar refractivity (Wildman–Crippen MR) is 116 cm³/mol. The first-order chi connectivity index (χ1) is 14.4. The molecule has 0 saturated carbocycles. The SMILES string of the molecule is O=C(O)CCOc1ccc(/C=C2\SC(=S)N(C(C(=O)O)c3ccccc3)C2=O)cc1. The van der Waals surface area contributed by atoms with Gasteiger partial charge < -0.3 is 14.9 Å². The van der Waals surface area contributed by atoms with E-state index >= 15 is 0 Å². The largest absolute Gasteiger partial charge is 0.493 e. The quantitative estimate of drug-likeness (QED) is 0.471. The molecule has 1 aliphatic heterocycles. The molecule has 1 saturated heterocycles. The van der Waals surface area contributed by atoms with Crippen molar-refractivity contribution in [1.82, 2.24) is 4.90 Å². The molecule has 2 N–H and O–H groups in total. The van der Waals surface area contributed by atoms with Crippen molar-refractivity contribution in [1.29, 1.82) is 0 Å². The molecule has 2 aromatic rings. The van der Waals surface area contributed by atoms with Crippen LogP contribution in [-0.4, -0.2) is 43.9 Å². The van der Waals surface area contributed by atoms with Crippen molar-refractivity contribution in [3.8, 4) is 5.75 Å². The molecule has 0 radical (unpaired) electrons. The summed E-state index contributed by atoms with van der Waals surface area (Å²) in [5.41, 5.74) is 1.16. The Kier molecular flexibility index (Phi) is 6.86. The number of thioether (sulfide) groups is 1. The van der Waals surface area contributed by atoms with Crippen molar-refractivity contribution >= 4 is 52.2 Å². The number of hydrogen-bond donors (Lipinski definition) is 2. The van der Waals surface area contributed by atoms with Crippen molar-refractivity contribution in [3.63, 3.8) is 0 Å². The Morgan fingerprint density at radius 3 is 2.37 bits per heavy atom. The first-order valence-electron chi connectivity index (χ1n) is 8.86. The van der Waals surface area contributed by atoms with Crippen LogP contribution in [-0.2, 0) is 14.4 Å². The minimum Gasteiger partial charge on any atom is -0.493 e. The lowest BCUT2D eigenvalue weighted by molar-refractivity contribution is -0.145. The molecule has 1 aliphatic rings. The fourth-order valence-corrected chi connectivity index (χ4v) is 4.12. The third-order valence-corrected chi connectivity index (χ3v) is 5.52. The molecule has 7 nitrogen and oxygen atoms in total. The number of thiocarbonyl (C=S) groups is 1. The standard InChI is InChI=1S/C21H17NO6S2/c23-17(24)10-11-28-15-8-6-13(7-9-15)12-16-19(25)22(21(29)30-16)18(20(26)27)14-4-2-1-3-5-14/h1-9,12,18H,10-11H2,(H,23,24)(H,26,27)/b16-12-. The smallest absolute Gasteiger partial charge is 0.331 e. The van der Waals surface area contributed by atoms with Gasteiger partial charge in [0.2, 0.25) is 0 Å². The third kappa shape index (κ3) is 5.05. The van der Waals surface area contributed by atoms with Crippen molar-refractivity contribution in [3.05, 3.63) is 70.6 Å². The Labute approximate surface area is 182 Å². The van der Waals surface area contributed by atoms with Crippen molar-refractivity contribution < 1.29 is 29.3 Å². The average Bonchev–Trinajstić information content (AvgIpc) is 2.98. The molecule has 30 heavy (non-hydrogen) atoms. The van der Waals surface area contributed by atoms with Gasteiger partial charge in [-0.1, -0.05) is 66.4 Å². The van der Waals surface area contributed by atoms with Crippen molar-refractivity contribution in [2.24, 2.45) is 0 Å². The summed E-state index contributed by atoms with van der Waals surface area (Å²) in [7, 11) is 0. The normalized spacial score (nSPS) is 16.0. The molecule has 0 bridgehead atoms. The number of benzene rings is 2. The number of carboxylic acids is 2. The van der Waals surface area contributed by atoms with E-state index < -0.39 is 23.9 Å². The lowest BCUT2D eigenvalue weighted by atomic mass is 10.1. The number of nitrogens with zero attached hydrogens (tertiary/aromatic N) is 1. The highest BCUT2D eigenvalue weighted by Gasteiger charge is 2.41. The van der Waals surface area contributed by atoms with Crippen LogP contribution in [0.5, 0.6) is 5.75 Å². The van der Waals surface area contributed by atoms with Gasteiger partial charge in [-0.15, -0.1) is 0 Å². The van der Waals surface area contributed by atoms with E-state index in [1.807, 2.05) is 0 Å². The van der Waals surface area contributed by atoms with Crippen LogP contribution in [0.25, 0.3) is 6.08 Å². The molecule has 1 unspecified atom stereocenters. The molecule has 0 spiro atoms. The predicted octanol–water partition coefficient (Wildman–Crippen LogP) is 3.57. The van der Waals surface area contributed by atoms with Gasteiger partial charge in [-0.3, -0.25) is 14.5 Å². The molecule has 0 aliphatic carbocycles. The number of hydrogen-bond acceptors (Lipinski definition) is 6. The fourth-order valence-electron chi connectivity index (χ4n) is 2.81. The van der Waals surface area contributed by atoms with Crippen molar-refractivity contribution in [2.75, 3.05) is 6.61 Å². The van der Waals surface area contributed by atoms with Gasteiger partial charge in [0.1, 0.15) is 10.1 Å². The van der Waals surface area contributed by atoms with E-state index in [-0.39, 0.29) is 17.3 Å². The lowest BCUT2D eigenvalue weighted by Crippen LogP contribution is -2.37. The zero-order chi connectivity index (χ0) is 21.7. The maximum absolute atomic E-state index is 12.9. The summed E-state index contributed by atoms with van der Waals surface area (Å²) in [6.07, 6.45) is 1.53. The summed E-state index contributed by atoms with van der Waals surface area (Å²) in [6, 6.07) is 14.0. The Balaban J connectivity index is 1.77. The fraction of sp³-hybridized carbons (Fsp3) is 0.143. The van der Waals surface area contributed by atoms with Gasteiger partial charge in [-0.25, -0.2) is 4.79 Å². The number of ether oxygens (including phenoxy) is 1. The maximum atomic E-state index is 12.9. The summed E-state index contributed by atoms with van der Waals surface area (Å²) in [4.78, 5) is 36.8. The molecule has 0 aromatic heterocycles. The molecule has 1 heterocycles. The van der Waals surface area contributed by atoms with Crippen LogP contribution in [0.4, 0.5) is 0 Å². The number of rotatable bonds is 8. The molecule has 2 aromatic carbocycles. The summed E-state index contributed by atoms with van der Waals surface area (Å²) < 4.78 is 5.51. The van der Waals surface area contributed by atoms with Crippen LogP contribution in [0, 0.1) is 0 Å². The molecule has 1 atom stereocenters. The van der Waals surface area contributed by atoms with E-state index in [1.54, 1.807) is 60.7 Å². The zero-order valence-corrected chi connectivity index (χ0v) is 17.2. The highest BCUT2D eigenvalue weighted by Crippen LogP contribution is 2.38. The van der Waals surface area contributed by atoms with E-state index in [0.29, 0.717) is 21.8 Å². The molecule has 9 heteroatoms. The monoisotopic (exact) mass is 443 g/mol. The second kappa shape index (κ2) is 9.55. The van der Waals surface area contributed by atoms with Gasteiger partial charge >= 0.3 is 11.9 Å². The van der Waals surface area contributed by atoms with E-state index in [1.165, 1.54) is 0 Å². The van der Waals surface area contributed by atoms with Crippen LogP contribution in [0.2, 0.25) is 0 Å². The molecular formula is C21H17NO6S2. The highest BCUT2D eigenvalue weighted by molar-refractivity contribution is 8.26. The first-order valence-corrected chi connectivity index (χ1v) is 10.1. The summed E-state index contributed by atoms with van der Waals surface area (Å²) in [5, 5.41) is 18.3. The van der Waals surface area contributed by atoms with Crippen LogP contribution in [0.15, 0.2) is 59.5 Å². The number of carboxylic acid groups (broad SMARTS) is 2. The van der Waals surface area contributed by atoms with Crippen LogP contribution < -0.4 is 4.74 Å². The van der Waals surface area contributed by atoms with Crippen molar-refractivity contribution in [2.45, 2.75) is 12.5 Å². The van der Waals surface area contributed by atoms with Gasteiger partial charge in [0.05, 0.1) is 17.9 Å². The van der Waals surface area contributed by atoms with Gasteiger partial charge in [0.15, 0.2) is 6.04 Å². The number of amides is 1. The Morgan fingerprint density at radius 2 is 1.77 bits per heavy atom. The topological polar surface area (TPSA) is 104 Å². The Hall–Kier alpha value is -3.17. The summed E-state index contributed by atoms with van der Waals surface area (Å²) >= 11 is 6.34.